The monoisotopic (exact) mass is 334 g/mol. The molecule has 0 aliphatic carbocycles. The minimum absolute atomic E-state index is 0. The molecule has 2 rings (SSSR count). The first-order valence-electron chi connectivity index (χ1n) is 7.50. The van der Waals surface area contributed by atoms with Crippen molar-refractivity contribution in [2.24, 2.45) is 5.73 Å². The maximum atomic E-state index is 11.5. The van der Waals surface area contributed by atoms with Crippen LogP contribution in [0.15, 0.2) is 54.6 Å². The number of hydrogen-bond acceptors (Lipinski definition) is 3. The Bertz CT molecular complexity index is 573. The minimum Gasteiger partial charge on any atom is -0.489 e. The molecule has 0 atom stereocenters. The minimum atomic E-state index is 0. The van der Waals surface area contributed by atoms with E-state index >= 15 is 0 Å². The van der Waals surface area contributed by atoms with Gasteiger partial charge in [-0.25, -0.2) is 0 Å². The number of carbonyl (C=O) groups is 1. The van der Waals surface area contributed by atoms with Crippen LogP contribution >= 0.6 is 12.4 Å². The van der Waals surface area contributed by atoms with E-state index < -0.39 is 0 Å². The van der Waals surface area contributed by atoms with Gasteiger partial charge in [0.1, 0.15) is 12.4 Å². The molecule has 23 heavy (non-hydrogen) atoms. The summed E-state index contributed by atoms with van der Waals surface area (Å²) in [4.78, 5) is 11.5. The third-order valence-corrected chi connectivity index (χ3v) is 3.27. The number of hydrogen-bond donors (Lipinski definition) is 2. The van der Waals surface area contributed by atoms with Crippen molar-refractivity contribution in [3.05, 3.63) is 65.7 Å². The fourth-order valence-electron chi connectivity index (χ4n) is 2.00. The molecule has 0 saturated carbocycles. The average Bonchev–Trinajstić information content (AvgIpc) is 2.58. The molecule has 0 aliphatic rings. The smallest absolute Gasteiger partial charge is 0.220 e. The van der Waals surface area contributed by atoms with Gasteiger partial charge < -0.3 is 15.8 Å². The van der Waals surface area contributed by atoms with Gasteiger partial charge in [-0.15, -0.1) is 12.4 Å². The van der Waals surface area contributed by atoms with Gasteiger partial charge in [0, 0.05) is 13.0 Å². The molecule has 0 bridgehead atoms. The molecule has 0 saturated heterocycles. The maximum Gasteiger partial charge on any atom is 0.220 e. The molecular weight excluding hydrogens is 312 g/mol. The van der Waals surface area contributed by atoms with Crippen LogP contribution < -0.4 is 15.8 Å². The first-order chi connectivity index (χ1) is 10.8. The Morgan fingerprint density at radius 1 is 1.00 bits per heavy atom. The van der Waals surface area contributed by atoms with Gasteiger partial charge in [-0.2, -0.15) is 0 Å². The van der Waals surface area contributed by atoms with E-state index in [1.54, 1.807) is 0 Å². The Balaban J connectivity index is 0.00000264. The molecule has 0 radical (unpaired) electrons. The lowest BCUT2D eigenvalue weighted by atomic mass is 10.2. The molecule has 0 spiro atoms. The van der Waals surface area contributed by atoms with Crippen LogP contribution in [0.2, 0.25) is 0 Å². The normalized spacial score (nSPS) is 9.78. The van der Waals surface area contributed by atoms with E-state index in [-0.39, 0.29) is 18.3 Å². The molecule has 2 aromatic carbocycles. The van der Waals surface area contributed by atoms with E-state index in [0.717, 1.165) is 23.3 Å². The van der Waals surface area contributed by atoms with Crippen LogP contribution in [-0.2, 0) is 17.9 Å². The average molecular weight is 335 g/mol. The second-order valence-electron chi connectivity index (χ2n) is 5.09. The molecule has 5 heteroatoms. The van der Waals surface area contributed by atoms with Crippen LogP contribution in [0.5, 0.6) is 5.75 Å². The van der Waals surface area contributed by atoms with E-state index in [0.29, 0.717) is 26.1 Å². The van der Waals surface area contributed by atoms with Gasteiger partial charge in [-0.3, -0.25) is 4.79 Å². The van der Waals surface area contributed by atoms with Crippen molar-refractivity contribution in [3.8, 4) is 5.75 Å². The number of rotatable bonds is 8. The van der Waals surface area contributed by atoms with E-state index in [1.807, 2.05) is 54.6 Å². The number of nitrogens with one attached hydrogen (secondary N) is 1. The number of nitrogens with two attached hydrogens (primary N) is 1. The summed E-state index contributed by atoms with van der Waals surface area (Å²) < 4.78 is 5.72. The summed E-state index contributed by atoms with van der Waals surface area (Å²) in [5.41, 5.74) is 7.56. The third-order valence-electron chi connectivity index (χ3n) is 3.27. The summed E-state index contributed by atoms with van der Waals surface area (Å²) in [5.74, 6) is 0.858. The predicted molar refractivity (Wildman–Crippen MR) is 94.6 cm³/mol. The summed E-state index contributed by atoms with van der Waals surface area (Å²) in [6.07, 6.45) is 1.20. The predicted octanol–water partition coefficient (Wildman–Crippen LogP) is 3.04. The van der Waals surface area contributed by atoms with Crippen LogP contribution in [0.25, 0.3) is 0 Å². The molecule has 0 aliphatic heterocycles. The van der Waals surface area contributed by atoms with Crippen LogP contribution in [0, 0.1) is 0 Å². The number of halogens is 1. The highest BCUT2D eigenvalue weighted by Crippen LogP contribution is 2.14. The third kappa shape index (κ3) is 7.17. The zero-order valence-electron chi connectivity index (χ0n) is 13.0. The fourth-order valence-corrected chi connectivity index (χ4v) is 2.00. The molecule has 0 fully saturated rings. The van der Waals surface area contributed by atoms with Crippen molar-refractivity contribution >= 4 is 18.3 Å². The number of carbonyl (C=O) groups excluding carboxylic acids is 1. The Hall–Kier alpha value is -2.04. The molecule has 4 nitrogen and oxygen atoms in total. The number of amides is 1. The van der Waals surface area contributed by atoms with Gasteiger partial charge in [-0.1, -0.05) is 42.5 Å². The summed E-state index contributed by atoms with van der Waals surface area (Å²) in [5, 5.41) is 2.88. The first kappa shape index (κ1) is 19.0. The zero-order valence-corrected chi connectivity index (χ0v) is 13.9. The molecular formula is C18H23ClN2O2. The molecule has 1 amide bonds. The van der Waals surface area contributed by atoms with Gasteiger partial charge in [0.25, 0.3) is 0 Å². The van der Waals surface area contributed by atoms with E-state index in [9.17, 15) is 4.79 Å². The lowest BCUT2D eigenvalue weighted by Crippen LogP contribution is -2.23. The fraction of sp³-hybridized carbons (Fsp3) is 0.278. The first-order valence-corrected chi connectivity index (χ1v) is 7.50. The SMILES string of the molecule is Cl.NCCCC(=O)NCc1ccc(OCc2ccccc2)cc1. The van der Waals surface area contributed by atoms with Crippen LogP contribution in [-0.4, -0.2) is 12.5 Å². The van der Waals surface area contributed by atoms with Crippen molar-refractivity contribution in [3.63, 3.8) is 0 Å². The zero-order chi connectivity index (χ0) is 15.6. The van der Waals surface area contributed by atoms with Gasteiger partial charge in [0.05, 0.1) is 0 Å². The topological polar surface area (TPSA) is 64.4 Å². The second kappa shape index (κ2) is 10.6. The molecule has 2 aromatic rings. The van der Waals surface area contributed by atoms with E-state index in [1.165, 1.54) is 0 Å². The standard InChI is InChI=1S/C18H22N2O2.ClH/c19-12-4-7-18(21)20-13-15-8-10-17(11-9-15)22-14-16-5-2-1-3-6-16;/h1-3,5-6,8-11H,4,7,12-14,19H2,(H,20,21);1H. The Morgan fingerprint density at radius 3 is 2.35 bits per heavy atom. The van der Waals surface area contributed by atoms with E-state index in [2.05, 4.69) is 5.32 Å². The van der Waals surface area contributed by atoms with Crippen molar-refractivity contribution in [2.45, 2.75) is 26.0 Å². The van der Waals surface area contributed by atoms with Gasteiger partial charge >= 0.3 is 0 Å². The Kier molecular flexibility index (Phi) is 8.80. The maximum absolute atomic E-state index is 11.5. The van der Waals surface area contributed by atoms with E-state index in [4.69, 9.17) is 10.5 Å². The largest absolute Gasteiger partial charge is 0.489 e. The summed E-state index contributed by atoms with van der Waals surface area (Å²) in [6, 6.07) is 17.8. The quantitative estimate of drug-likeness (QED) is 0.780. The highest BCUT2D eigenvalue weighted by molar-refractivity contribution is 5.85. The Morgan fingerprint density at radius 2 is 1.70 bits per heavy atom. The van der Waals surface area contributed by atoms with Crippen molar-refractivity contribution in [1.29, 1.82) is 0 Å². The molecule has 0 aromatic heterocycles. The van der Waals surface area contributed by atoms with Crippen LogP contribution in [0.3, 0.4) is 0 Å². The molecule has 3 N–H and O–H groups in total. The van der Waals surface area contributed by atoms with Crippen LogP contribution in [0.4, 0.5) is 0 Å². The van der Waals surface area contributed by atoms with Crippen molar-refractivity contribution < 1.29 is 9.53 Å². The summed E-state index contributed by atoms with van der Waals surface area (Å²) in [7, 11) is 0. The molecule has 124 valence electrons. The van der Waals surface area contributed by atoms with Crippen LogP contribution in [0.1, 0.15) is 24.0 Å². The number of benzene rings is 2. The van der Waals surface area contributed by atoms with Gasteiger partial charge in [0.2, 0.25) is 5.91 Å². The molecule has 0 heterocycles. The highest BCUT2D eigenvalue weighted by atomic mass is 35.5. The van der Waals surface area contributed by atoms with Gasteiger partial charge in [-0.05, 0) is 36.2 Å². The van der Waals surface area contributed by atoms with Gasteiger partial charge in [0.15, 0.2) is 0 Å². The lowest BCUT2D eigenvalue weighted by Gasteiger charge is -2.08. The number of ether oxygens (including phenoxy) is 1. The summed E-state index contributed by atoms with van der Waals surface area (Å²) in [6.45, 7) is 1.62. The lowest BCUT2D eigenvalue weighted by molar-refractivity contribution is -0.121. The highest BCUT2D eigenvalue weighted by Gasteiger charge is 2.01. The van der Waals surface area contributed by atoms with Crippen molar-refractivity contribution in [1.82, 2.24) is 5.32 Å². The van der Waals surface area contributed by atoms with Crippen molar-refractivity contribution in [2.75, 3.05) is 6.54 Å². The Labute approximate surface area is 143 Å². The molecule has 0 unspecified atom stereocenters. The summed E-state index contributed by atoms with van der Waals surface area (Å²) >= 11 is 0. The second-order valence-corrected chi connectivity index (χ2v) is 5.09.